The SMILES string of the molecule is CC12C=CC(=O)C=C1CCC1C2C(=O)CC2(C)C1CC[C@]2(O)C(=O)CSc1ccccn1. The maximum Gasteiger partial charge on any atom is 0.178 e. The molecule has 4 aliphatic carbocycles. The zero-order valence-electron chi connectivity index (χ0n) is 18.5. The number of pyridine rings is 1. The molecule has 0 amide bonds. The predicted molar refractivity (Wildman–Crippen MR) is 122 cm³/mol. The van der Waals surface area contributed by atoms with Crippen LogP contribution in [0.1, 0.15) is 46.0 Å². The lowest BCUT2D eigenvalue weighted by molar-refractivity contribution is -0.165. The highest BCUT2D eigenvalue weighted by Crippen LogP contribution is 2.66. The standard InChI is InChI=1S/C26H29NO4S/c1-24-10-8-17(28)13-16(24)6-7-18-19-9-11-26(31,25(19,2)14-20(29)23(18)24)21(30)15-32-22-5-3-4-12-27-22/h3-5,8,10,12-13,18-19,23,31H,6-7,9,11,14-15H2,1-2H3/t18?,19?,23?,24?,25?,26-/m0/s1. The van der Waals surface area contributed by atoms with Crippen molar-refractivity contribution < 1.29 is 19.5 Å². The lowest BCUT2D eigenvalue weighted by Gasteiger charge is -2.56. The number of Topliss-reactive ketones (excluding diaryl/α,β-unsaturated/α-hetero) is 2. The predicted octanol–water partition coefficient (Wildman–Crippen LogP) is 3.96. The van der Waals surface area contributed by atoms with E-state index < -0.39 is 16.4 Å². The Morgan fingerprint density at radius 1 is 1.25 bits per heavy atom. The summed E-state index contributed by atoms with van der Waals surface area (Å²) in [7, 11) is 0. The third-order valence-corrected chi connectivity index (χ3v) is 9.80. The molecule has 1 aromatic heterocycles. The summed E-state index contributed by atoms with van der Waals surface area (Å²) in [5.41, 5.74) is -1.62. The number of rotatable bonds is 4. The van der Waals surface area contributed by atoms with Crippen molar-refractivity contribution in [1.82, 2.24) is 4.98 Å². The molecule has 0 radical (unpaired) electrons. The molecule has 1 heterocycles. The van der Waals surface area contributed by atoms with Crippen molar-refractivity contribution in [2.45, 2.75) is 56.6 Å². The highest BCUT2D eigenvalue weighted by Gasteiger charge is 2.68. The second-order valence-corrected chi connectivity index (χ2v) is 11.3. The van der Waals surface area contributed by atoms with Crippen LogP contribution in [0.3, 0.4) is 0 Å². The van der Waals surface area contributed by atoms with Gasteiger partial charge >= 0.3 is 0 Å². The van der Waals surface area contributed by atoms with E-state index in [2.05, 4.69) is 11.9 Å². The Labute approximate surface area is 192 Å². The fourth-order valence-electron chi connectivity index (χ4n) is 7.18. The van der Waals surface area contributed by atoms with Crippen molar-refractivity contribution >= 4 is 29.1 Å². The Bertz CT molecular complexity index is 1050. The van der Waals surface area contributed by atoms with E-state index in [4.69, 9.17) is 0 Å². The fourth-order valence-corrected chi connectivity index (χ4v) is 8.01. The number of hydrogen-bond donors (Lipinski definition) is 1. The summed E-state index contributed by atoms with van der Waals surface area (Å²) in [6.45, 7) is 4.03. The minimum atomic E-state index is -1.49. The molecule has 0 aromatic carbocycles. The van der Waals surface area contributed by atoms with Gasteiger partial charge < -0.3 is 5.11 Å². The van der Waals surface area contributed by atoms with Crippen molar-refractivity contribution in [3.8, 4) is 0 Å². The molecule has 0 aliphatic heterocycles. The van der Waals surface area contributed by atoms with Crippen molar-refractivity contribution in [2.24, 2.45) is 28.6 Å². The molecule has 5 nitrogen and oxygen atoms in total. The van der Waals surface area contributed by atoms with Crippen molar-refractivity contribution in [3.05, 3.63) is 48.2 Å². The first-order valence-corrected chi connectivity index (χ1v) is 12.4. The van der Waals surface area contributed by atoms with Crippen LogP contribution in [0.25, 0.3) is 0 Å². The highest BCUT2D eigenvalue weighted by atomic mass is 32.2. The Morgan fingerprint density at radius 2 is 2.06 bits per heavy atom. The normalized spacial score (nSPS) is 40.3. The molecule has 6 atom stereocenters. The molecule has 3 saturated carbocycles. The molecule has 168 valence electrons. The molecule has 5 unspecified atom stereocenters. The monoisotopic (exact) mass is 451 g/mol. The third-order valence-electron chi connectivity index (χ3n) is 8.86. The van der Waals surface area contributed by atoms with Crippen LogP contribution < -0.4 is 0 Å². The van der Waals surface area contributed by atoms with Crippen LogP contribution in [0.4, 0.5) is 0 Å². The van der Waals surface area contributed by atoms with E-state index in [1.807, 2.05) is 31.2 Å². The van der Waals surface area contributed by atoms with Gasteiger partial charge in [0, 0.05) is 29.4 Å². The van der Waals surface area contributed by atoms with E-state index >= 15 is 0 Å². The summed E-state index contributed by atoms with van der Waals surface area (Å²) in [5.74, 6) is 0.102. The number of hydrogen-bond acceptors (Lipinski definition) is 6. The van der Waals surface area contributed by atoms with Crippen LogP contribution >= 0.6 is 11.8 Å². The van der Waals surface area contributed by atoms with Crippen LogP contribution in [-0.2, 0) is 14.4 Å². The van der Waals surface area contributed by atoms with E-state index in [1.54, 1.807) is 18.3 Å². The van der Waals surface area contributed by atoms with Gasteiger partial charge in [-0.2, -0.15) is 0 Å². The number of aromatic nitrogens is 1. The van der Waals surface area contributed by atoms with Crippen LogP contribution in [0, 0.1) is 28.6 Å². The molecular weight excluding hydrogens is 422 g/mol. The molecule has 1 aromatic rings. The largest absolute Gasteiger partial charge is 0.381 e. The fraction of sp³-hybridized carbons (Fsp3) is 0.538. The minimum absolute atomic E-state index is 0.00438. The summed E-state index contributed by atoms with van der Waals surface area (Å²) in [4.78, 5) is 43.1. The first-order chi connectivity index (χ1) is 15.2. The number of allylic oxidation sites excluding steroid dienone is 4. The highest BCUT2D eigenvalue weighted by molar-refractivity contribution is 7.99. The molecule has 0 bridgehead atoms. The Kier molecular flexibility index (Phi) is 5.10. The molecule has 5 rings (SSSR count). The number of ketones is 3. The number of aliphatic hydroxyl groups is 1. The second-order valence-electron chi connectivity index (χ2n) is 10.3. The van der Waals surface area contributed by atoms with Gasteiger partial charge in [-0.25, -0.2) is 4.98 Å². The van der Waals surface area contributed by atoms with Crippen LogP contribution in [-0.4, -0.2) is 38.8 Å². The smallest absolute Gasteiger partial charge is 0.178 e. The van der Waals surface area contributed by atoms with Gasteiger partial charge in [0.15, 0.2) is 11.6 Å². The van der Waals surface area contributed by atoms with Crippen LogP contribution in [0.5, 0.6) is 0 Å². The Balaban J connectivity index is 1.42. The molecule has 1 N–H and O–H groups in total. The summed E-state index contributed by atoms with van der Waals surface area (Å²) in [5, 5.41) is 12.5. The van der Waals surface area contributed by atoms with Crippen LogP contribution in [0.2, 0.25) is 0 Å². The van der Waals surface area contributed by atoms with Crippen molar-refractivity contribution in [3.63, 3.8) is 0 Å². The number of carbonyl (C=O) groups is 3. The van der Waals surface area contributed by atoms with Gasteiger partial charge in [-0.05, 0) is 61.8 Å². The number of fused-ring (bicyclic) bond motifs is 5. The number of thioether (sulfide) groups is 1. The number of nitrogens with zero attached hydrogens (tertiary/aromatic N) is 1. The Morgan fingerprint density at radius 3 is 2.81 bits per heavy atom. The lowest BCUT2D eigenvalue weighted by Crippen LogP contribution is -2.60. The third kappa shape index (κ3) is 3.02. The van der Waals surface area contributed by atoms with Gasteiger partial charge in [-0.3, -0.25) is 14.4 Å². The van der Waals surface area contributed by atoms with Gasteiger partial charge in [0.2, 0.25) is 0 Å². The van der Waals surface area contributed by atoms with E-state index in [-0.39, 0.29) is 47.3 Å². The Hall–Kier alpha value is -2.05. The molecule has 0 saturated heterocycles. The second kappa shape index (κ2) is 7.49. The molecule has 32 heavy (non-hydrogen) atoms. The molecule has 0 spiro atoms. The average molecular weight is 452 g/mol. The topological polar surface area (TPSA) is 84.3 Å². The molecule has 4 aliphatic rings. The lowest BCUT2D eigenvalue weighted by atomic mass is 9.46. The first-order valence-electron chi connectivity index (χ1n) is 11.5. The van der Waals surface area contributed by atoms with E-state index in [1.165, 1.54) is 11.8 Å². The van der Waals surface area contributed by atoms with Gasteiger partial charge in [0.05, 0.1) is 10.8 Å². The summed E-state index contributed by atoms with van der Waals surface area (Å²) >= 11 is 1.34. The summed E-state index contributed by atoms with van der Waals surface area (Å²) in [6.07, 6.45) is 9.89. The molecule has 6 heteroatoms. The van der Waals surface area contributed by atoms with E-state index in [0.29, 0.717) is 6.42 Å². The van der Waals surface area contributed by atoms with Gasteiger partial charge in [0.25, 0.3) is 0 Å². The van der Waals surface area contributed by atoms with Gasteiger partial charge in [-0.15, -0.1) is 0 Å². The maximum atomic E-state index is 13.6. The zero-order chi connectivity index (χ0) is 22.7. The number of carbonyl (C=O) groups excluding carboxylic acids is 3. The van der Waals surface area contributed by atoms with E-state index in [0.717, 1.165) is 29.9 Å². The van der Waals surface area contributed by atoms with Gasteiger partial charge in [0.1, 0.15) is 11.4 Å². The summed E-state index contributed by atoms with van der Waals surface area (Å²) < 4.78 is 0. The molecular formula is C26H29NO4S. The maximum absolute atomic E-state index is 13.6. The van der Waals surface area contributed by atoms with Crippen LogP contribution in [0.15, 0.2) is 53.2 Å². The molecule has 3 fully saturated rings. The average Bonchev–Trinajstić information content (AvgIpc) is 3.04. The van der Waals surface area contributed by atoms with Crippen molar-refractivity contribution in [2.75, 3.05) is 5.75 Å². The van der Waals surface area contributed by atoms with Crippen molar-refractivity contribution in [1.29, 1.82) is 0 Å². The summed E-state index contributed by atoms with van der Waals surface area (Å²) in [6, 6.07) is 5.56. The first kappa shape index (κ1) is 21.8. The van der Waals surface area contributed by atoms with Gasteiger partial charge in [-0.1, -0.05) is 43.3 Å². The van der Waals surface area contributed by atoms with E-state index in [9.17, 15) is 19.5 Å². The quantitative estimate of drug-likeness (QED) is 0.698. The minimum Gasteiger partial charge on any atom is -0.381 e. The zero-order valence-corrected chi connectivity index (χ0v) is 19.4.